The molecule has 0 saturated heterocycles. The van der Waals surface area contributed by atoms with Crippen LogP contribution < -0.4 is 5.32 Å². The Morgan fingerprint density at radius 2 is 1.88 bits per heavy atom. The van der Waals surface area contributed by atoms with E-state index in [1.807, 2.05) is 22.9 Å². The first kappa shape index (κ1) is 17.7. The quantitative estimate of drug-likeness (QED) is 0.667. The molecule has 7 heteroatoms. The lowest BCUT2D eigenvalue weighted by Gasteiger charge is -2.17. The summed E-state index contributed by atoms with van der Waals surface area (Å²) in [6.07, 6.45) is 0. The van der Waals surface area contributed by atoms with Crippen LogP contribution in [0.25, 0.3) is 0 Å². The summed E-state index contributed by atoms with van der Waals surface area (Å²) in [4.78, 5) is 28.2. The number of nitrogens with one attached hydrogen (secondary N) is 1. The van der Waals surface area contributed by atoms with Crippen LogP contribution in [0.3, 0.4) is 0 Å². The summed E-state index contributed by atoms with van der Waals surface area (Å²) < 4.78 is 0. The molecule has 0 saturated carbocycles. The lowest BCUT2D eigenvalue weighted by Crippen LogP contribution is -2.26. The maximum absolute atomic E-state index is 12.6. The number of amides is 2. The monoisotopic (exact) mass is 390 g/mol. The van der Waals surface area contributed by atoms with Crippen molar-refractivity contribution in [3.8, 4) is 0 Å². The zero-order chi connectivity index (χ0) is 17.8. The van der Waals surface area contributed by atoms with Crippen molar-refractivity contribution >= 4 is 51.8 Å². The molecule has 0 aliphatic carbocycles. The largest absolute Gasteiger partial charge is 0.337 e. The summed E-state index contributed by atoms with van der Waals surface area (Å²) in [6, 6.07) is 12.4. The van der Waals surface area contributed by atoms with Gasteiger partial charge in [-0.3, -0.25) is 9.59 Å². The third-order valence-corrected chi connectivity index (χ3v) is 5.59. The van der Waals surface area contributed by atoms with Crippen molar-refractivity contribution in [2.75, 3.05) is 12.4 Å². The number of nitrogens with zero attached hydrogens (tertiary/aromatic N) is 1. The molecule has 0 radical (unpaired) electrons. The maximum Gasteiger partial charge on any atom is 0.265 e. The normalized spacial score (nSPS) is 10.5. The molecule has 0 bridgehead atoms. The van der Waals surface area contributed by atoms with Crippen molar-refractivity contribution in [2.45, 2.75) is 6.54 Å². The van der Waals surface area contributed by atoms with Crippen LogP contribution in [0.15, 0.2) is 53.2 Å². The van der Waals surface area contributed by atoms with E-state index in [-0.39, 0.29) is 11.8 Å². The minimum Gasteiger partial charge on any atom is -0.337 e. The zero-order valence-electron chi connectivity index (χ0n) is 13.4. The van der Waals surface area contributed by atoms with Crippen LogP contribution in [-0.4, -0.2) is 23.8 Å². The lowest BCUT2D eigenvalue weighted by atomic mass is 10.1. The van der Waals surface area contributed by atoms with E-state index in [9.17, 15) is 9.59 Å². The van der Waals surface area contributed by atoms with Gasteiger partial charge in [0.25, 0.3) is 11.8 Å². The van der Waals surface area contributed by atoms with Crippen LogP contribution in [0.1, 0.15) is 24.9 Å². The van der Waals surface area contributed by atoms with Gasteiger partial charge in [-0.05, 0) is 41.1 Å². The first-order chi connectivity index (χ1) is 12.0. The Morgan fingerprint density at radius 1 is 1.12 bits per heavy atom. The van der Waals surface area contributed by atoms with Crippen molar-refractivity contribution in [3.63, 3.8) is 0 Å². The Morgan fingerprint density at radius 3 is 2.56 bits per heavy atom. The highest BCUT2D eigenvalue weighted by atomic mass is 35.5. The average molecular weight is 391 g/mol. The molecule has 0 spiro atoms. The second-order valence-corrected chi connectivity index (χ2v) is 7.75. The van der Waals surface area contributed by atoms with E-state index in [0.29, 0.717) is 27.7 Å². The molecule has 0 atom stereocenters. The maximum atomic E-state index is 12.6. The van der Waals surface area contributed by atoms with Gasteiger partial charge in [-0.25, -0.2) is 0 Å². The van der Waals surface area contributed by atoms with E-state index in [4.69, 9.17) is 11.6 Å². The number of hydrogen-bond acceptors (Lipinski definition) is 4. The number of halogens is 1. The topological polar surface area (TPSA) is 49.4 Å². The molecule has 1 N–H and O–H groups in total. The number of thiophene rings is 2. The van der Waals surface area contributed by atoms with E-state index in [2.05, 4.69) is 5.32 Å². The molecule has 3 aromatic rings. The zero-order valence-corrected chi connectivity index (χ0v) is 15.8. The molecule has 0 aliphatic rings. The van der Waals surface area contributed by atoms with Crippen LogP contribution in [-0.2, 0) is 6.54 Å². The number of carbonyl (C=O) groups excluding carboxylic acids is 2. The fourth-order valence-electron chi connectivity index (χ4n) is 2.27. The van der Waals surface area contributed by atoms with Gasteiger partial charge in [0.15, 0.2) is 0 Å². The summed E-state index contributed by atoms with van der Waals surface area (Å²) in [5.41, 5.74) is 0.903. The number of rotatable bonds is 5. The van der Waals surface area contributed by atoms with Gasteiger partial charge in [0, 0.05) is 17.5 Å². The Balaban J connectivity index is 1.76. The van der Waals surface area contributed by atoms with E-state index in [1.165, 1.54) is 11.3 Å². The molecule has 0 unspecified atom stereocenters. The van der Waals surface area contributed by atoms with Crippen molar-refractivity contribution in [1.82, 2.24) is 4.90 Å². The lowest BCUT2D eigenvalue weighted by molar-refractivity contribution is 0.0786. The molecule has 2 aromatic heterocycles. The molecule has 2 amide bonds. The molecule has 3 rings (SSSR count). The number of carbonyl (C=O) groups is 2. The van der Waals surface area contributed by atoms with E-state index in [1.54, 1.807) is 53.6 Å². The predicted molar refractivity (Wildman–Crippen MR) is 104 cm³/mol. The van der Waals surface area contributed by atoms with Crippen LogP contribution in [0.2, 0.25) is 5.02 Å². The number of anilines is 1. The van der Waals surface area contributed by atoms with Gasteiger partial charge in [0.1, 0.15) is 0 Å². The smallest absolute Gasteiger partial charge is 0.265 e. The van der Waals surface area contributed by atoms with Crippen molar-refractivity contribution in [3.05, 3.63) is 73.6 Å². The van der Waals surface area contributed by atoms with Crippen LogP contribution in [0.5, 0.6) is 0 Å². The molecular formula is C18H15ClN2O2S2. The van der Waals surface area contributed by atoms with E-state index >= 15 is 0 Å². The Hall–Kier alpha value is -2.15. The van der Waals surface area contributed by atoms with Crippen molar-refractivity contribution in [2.24, 2.45) is 0 Å². The summed E-state index contributed by atoms with van der Waals surface area (Å²) >= 11 is 9.12. The molecule has 128 valence electrons. The summed E-state index contributed by atoms with van der Waals surface area (Å²) in [5.74, 6) is -0.370. The minimum absolute atomic E-state index is 0.128. The number of benzene rings is 1. The first-order valence-electron chi connectivity index (χ1n) is 7.47. The molecule has 1 aromatic carbocycles. The van der Waals surface area contributed by atoms with Crippen LogP contribution in [0, 0.1) is 0 Å². The fraction of sp³-hybridized carbons (Fsp3) is 0.111. The first-order valence-corrected chi connectivity index (χ1v) is 9.60. The highest BCUT2D eigenvalue weighted by Crippen LogP contribution is 2.25. The Labute approximate surface area is 158 Å². The molecule has 0 aliphatic heterocycles. The molecule has 25 heavy (non-hydrogen) atoms. The Kier molecular flexibility index (Phi) is 5.53. The third-order valence-electron chi connectivity index (χ3n) is 3.53. The van der Waals surface area contributed by atoms with Crippen LogP contribution >= 0.6 is 34.3 Å². The van der Waals surface area contributed by atoms with Gasteiger partial charge < -0.3 is 10.2 Å². The van der Waals surface area contributed by atoms with Gasteiger partial charge in [-0.15, -0.1) is 22.7 Å². The summed E-state index contributed by atoms with van der Waals surface area (Å²) in [6.45, 7) is 0.538. The van der Waals surface area contributed by atoms with E-state index < -0.39 is 0 Å². The second-order valence-electron chi connectivity index (χ2n) is 5.37. The second kappa shape index (κ2) is 7.82. The molecule has 0 fully saturated rings. The van der Waals surface area contributed by atoms with Crippen molar-refractivity contribution < 1.29 is 9.59 Å². The third kappa shape index (κ3) is 4.28. The average Bonchev–Trinajstić information content (AvgIpc) is 3.29. The minimum atomic E-state index is -0.242. The van der Waals surface area contributed by atoms with Gasteiger partial charge in [0.2, 0.25) is 0 Å². The highest BCUT2D eigenvalue weighted by molar-refractivity contribution is 7.12. The standard InChI is InChI=1S/C18H15ClN2O2S2/c1-21(11-13-4-2-8-24-13)18(23)12-6-7-14(19)15(10-12)20-17(22)16-5-3-9-25-16/h2-10H,11H2,1H3,(H,20,22). The van der Waals surface area contributed by atoms with Gasteiger partial charge in [0.05, 0.1) is 22.1 Å². The molecular weight excluding hydrogens is 376 g/mol. The number of hydrogen-bond donors (Lipinski definition) is 1. The summed E-state index contributed by atoms with van der Waals surface area (Å²) in [7, 11) is 1.75. The molecule has 2 heterocycles. The van der Waals surface area contributed by atoms with Gasteiger partial charge in [-0.2, -0.15) is 0 Å². The van der Waals surface area contributed by atoms with Gasteiger partial charge in [-0.1, -0.05) is 23.7 Å². The van der Waals surface area contributed by atoms with E-state index in [0.717, 1.165) is 4.88 Å². The van der Waals surface area contributed by atoms with Crippen molar-refractivity contribution in [1.29, 1.82) is 0 Å². The fourth-order valence-corrected chi connectivity index (χ4v) is 3.82. The predicted octanol–water partition coefficient (Wildman–Crippen LogP) is 4.99. The van der Waals surface area contributed by atoms with Gasteiger partial charge >= 0.3 is 0 Å². The SMILES string of the molecule is CN(Cc1cccs1)C(=O)c1ccc(Cl)c(NC(=O)c2cccs2)c1. The van der Waals surface area contributed by atoms with Crippen LogP contribution in [0.4, 0.5) is 5.69 Å². The summed E-state index contributed by atoms with van der Waals surface area (Å²) in [5, 5.41) is 6.96. The highest BCUT2D eigenvalue weighted by Gasteiger charge is 2.16. The Bertz CT molecular complexity index is 877. The molecule has 4 nitrogen and oxygen atoms in total.